The van der Waals surface area contributed by atoms with E-state index in [0.29, 0.717) is 28.5 Å². The maximum absolute atomic E-state index is 12.8. The minimum Gasteiger partial charge on any atom is -0.493 e. The zero-order valence-electron chi connectivity index (χ0n) is 15.0. The van der Waals surface area contributed by atoms with Crippen LogP contribution in [-0.4, -0.2) is 30.8 Å². The van der Waals surface area contributed by atoms with Crippen LogP contribution >= 0.6 is 0 Å². The number of nitro groups is 1. The predicted octanol–water partition coefficient (Wildman–Crippen LogP) is 3.42. The average Bonchev–Trinajstić information content (AvgIpc) is 2.96. The molecule has 2 aromatic carbocycles. The molecule has 8 heteroatoms. The van der Waals surface area contributed by atoms with Gasteiger partial charge in [-0.2, -0.15) is 10.1 Å². The summed E-state index contributed by atoms with van der Waals surface area (Å²) < 4.78 is 10.5. The molecule has 1 heterocycles. The quantitative estimate of drug-likeness (QED) is 0.458. The van der Waals surface area contributed by atoms with E-state index in [1.165, 1.54) is 29.3 Å². The average molecular weight is 367 g/mol. The van der Waals surface area contributed by atoms with Crippen molar-refractivity contribution in [2.24, 2.45) is 5.10 Å². The van der Waals surface area contributed by atoms with Crippen LogP contribution < -0.4 is 14.5 Å². The van der Waals surface area contributed by atoms with Crippen LogP contribution in [0.4, 0.5) is 11.4 Å². The van der Waals surface area contributed by atoms with E-state index in [0.717, 1.165) is 5.56 Å². The molecule has 2 aromatic rings. The van der Waals surface area contributed by atoms with E-state index < -0.39 is 4.92 Å². The van der Waals surface area contributed by atoms with Crippen molar-refractivity contribution in [3.8, 4) is 11.5 Å². The number of methoxy groups -OCH3 is 2. The lowest BCUT2D eigenvalue weighted by molar-refractivity contribution is -0.384. The van der Waals surface area contributed by atoms with E-state index in [2.05, 4.69) is 5.10 Å². The molecule has 1 aliphatic rings. The van der Waals surface area contributed by atoms with Gasteiger partial charge in [0, 0.05) is 12.1 Å². The number of nitrogens with zero attached hydrogens (tertiary/aromatic N) is 3. The fourth-order valence-corrected chi connectivity index (χ4v) is 2.68. The van der Waals surface area contributed by atoms with Gasteiger partial charge >= 0.3 is 0 Å². The number of ether oxygens (including phenoxy) is 2. The largest absolute Gasteiger partial charge is 0.493 e. The molecule has 0 bridgehead atoms. The van der Waals surface area contributed by atoms with Crippen LogP contribution in [0.3, 0.4) is 0 Å². The smallest absolute Gasteiger partial charge is 0.280 e. The number of hydrogen-bond donors (Lipinski definition) is 0. The second kappa shape index (κ2) is 7.28. The van der Waals surface area contributed by atoms with Crippen molar-refractivity contribution in [3.05, 3.63) is 63.7 Å². The molecule has 0 atom stereocenters. The first-order valence-electron chi connectivity index (χ1n) is 8.03. The molecule has 1 amide bonds. The second-order valence-electron chi connectivity index (χ2n) is 5.75. The molecule has 8 nitrogen and oxygen atoms in total. The third kappa shape index (κ3) is 3.50. The van der Waals surface area contributed by atoms with Crippen molar-refractivity contribution < 1.29 is 19.2 Å². The highest BCUT2D eigenvalue weighted by Crippen LogP contribution is 2.30. The molecule has 3 rings (SSSR count). The van der Waals surface area contributed by atoms with E-state index in [1.54, 1.807) is 39.4 Å². The highest BCUT2D eigenvalue weighted by molar-refractivity contribution is 6.32. The molecule has 0 fully saturated rings. The lowest BCUT2D eigenvalue weighted by Gasteiger charge is -2.11. The van der Waals surface area contributed by atoms with Crippen LogP contribution in [0.1, 0.15) is 12.5 Å². The first kappa shape index (κ1) is 18.1. The molecule has 0 radical (unpaired) electrons. The van der Waals surface area contributed by atoms with Crippen molar-refractivity contribution >= 4 is 29.1 Å². The molecule has 138 valence electrons. The van der Waals surface area contributed by atoms with Crippen molar-refractivity contribution in [3.63, 3.8) is 0 Å². The number of carbonyl (C=O) groups excluding carboxylic acids is 1. The van der Waals surface area contributed by atoms with Gasteiger partial charge in [0.15, 0.2) is 11.5 Å². The van der Waals surface area contributed by atoms with Gasteiger partial charge in [-0.25, -0.2) is 0 Å². The molecule has 0 saturated carbocycles. The standard InChI is InChI=1S/C19H17N3O5/c1-12-16(10-13-4-9-17(26-2)18(11-13)27-3)19(23)21(20-12)14-5-7-15(8-6-14)22(24)25/h4-11H,1-3H3/b16-10+. The summed E-state index contributed by atoms with van der Waals surface area (Å²) in [5, 5.41) is 16.3. The van der Waals surface area contributed by atoms with Gasteiger partial charge in [0.25, 0.3) is 11.6 Å². The number of nitro benzene ring substituents is 1. The van der Waals surface area contributed by atoms with Crippen molar-refractivity contribution in [1.82, 2.24) is 0 Å². The van der Waals surface area contributed by atoms with Gasteiger partial charge in [-0.15, -0.1) is 0 Å². The maximum Gasteiger partial charge on any atom is 0.280 e. The molecular formula is C19H17N3O5. The topological polar surface area (TPSA) is 94.3 Å². The van der Waals surface area contributed by atoms with Crippen LogP contribution in [0, 0.1) is 10.1 Å². The Morgan fingerprint density at radius 3 is 2.33 bits per heavy atom. The monoisotopic (exact) mass is 367 g/mol. The van der Waals surface area contributed by atoms with E-state index in [1.807, 2.05) is 6.07 Å². The maximum atomic E-state index is 12.8. The van der Waals surface area contributed by atoms with Gasteiger partial charge in [0.05, 0.1) is 36.1 Å². The Morgan fingerprint density at radius 1 is 1.07 bits per heavy atom. The minimum atomic E-state index is -0.494. The molecule has 27 heavy (non-hydrogen) atoms. The van der Waals surface area contributed by atoms with Crippen LogP contribution in [-0.2, 0) is 4.79 Å². The number of amides is 1. The molecule has 0 N–H and O–H groups in total. The van der Waals surface area contributed by atoms with E-state index >= 15 is 0 Å². The Balaban J connectivity index is 1.91. The summed E-state index contributed by atoms with van der Waals surface area (Å²) in [6.07, 6.45) is 1.72. The Kier molecular flexibility index (Phi) is 4.89. The van der Waals surface area contributed by atoms with Crippen LogP contribution in [0.25, 0.3) is 6.08 Å². The van der Waals surface area contributed by atoms with Crippen molar-refractivity contribution in [1.29, 1.82) is 0 Å². The Bertz CT molecular complexity index is 964. The van der Waals surface area contributed by atoms with E-state index in [4.69, 9.17) is 9.47 Å². The summed E-state index contributed by atoms with van der Waals surface area (Å²) >= 11 is 0. The van der Waals surface area contributed by atoms with E-state index in [-0.39, 0.29) is 11.6 Å². The SMILES string of the molecule is COc1ccc(/C=C2/C(=O)N(c3ccc([N+](=O)[O-])cc3)N=C2C)cc1OC. The number of anilines is 1. The van der Waals surface area contributed by atoms with Crippen molar-refractivity contribution in [2.75, 3.05) is 19.2 Å². The summed E-state index contributed by atoms with van der Waals surface area (Å²) in [6.45, 7) is 1.73. The predicted molar refractivity (Wildman–Crippen MR) is 101 cm³/mol. The number of rotatable bonds is 5. The van der Waals surface area contributed by atoms with Crippen molar-refractivity contribution in [2.45, 2.75) is 6.92 Å². The normalized spacial score (nSPS) is 15.1. The molecule has 1 aliphatic heterocycles. The number of carbonyl (C=O) groups is 1. The van der Waals surface area contributed by atoms with Gasteiger partial charge in [0.2, 0.25) is 0 Å². The van der Waals surface area contributed by atoms with Gasteiger partial charge in [-0.1, -0.05) is 6.07 Å². The van der Waals surface area contributed by atoms with Gasteiger partial charge in [-0.05, 0) is 42.8 Å². The first-order chi connectivity index (χ1) is 12.9. The Morgan fingerprint density at radius 2 is 1.74 bits per heavy atom. The Hall–Kier alpha value is -3.68. The Labute approximate surface area is 155 Å². The molecule has 0 aliphatic carbocycles. The van der Waals surface area contributed by atoms with Gasteiger partial charge in [-0.3, -0.25) is 14.9 Å². The number of hydrogen-bond acceptors (Lipinski definition) is 6. The van der Waals surface area contributed by atoms with Crippen LogP contribution in [0.5, 0.6) is 11.5 Å². The number of hydrazone groups is 1. The fourth-order valence-electron chi connectivity index (χ4n) is 2.68. The lowest BCUT2D eigenvalue weighted by atomic mass is 10.1. The summed E-state index contributed by atoms with van der Waals surface area (Å²) in [4.78, 5) is 23.0. The molecular weight excluding hydrogens is 350 g/mol. The van der Waals surface area contributed by atoms with Crippen LogP contribution in [0.15, 0.2) is 53.1 Å². The zero-order valence-corrected chi connectivity index (χ0v) is 15.0. The van der Waals surface area contributed by atoms with Gasteiger partial charge in [0.1, 0.15) is 0 Å². The summed E-state index contributed by atoms with van der Waals surface area (Å²) in [5.41, 5.74) is 2.15. The van der Waals surface area contributed by atoms with Gasteiger partial charge < -0.3 is 9.47 Å². The summed E-state index contributed by atoms with van der Waals surface area (Å²) in [5.74, 6) is 0.838. The minimum absolute atomic E-state index is 0.0489. The first-order valence-corrected chi connectivity index (χ1v) is 8.03. The zero-order chi connectivity index (χ0) is 19.6. The third-order valence-corrected chi connectivity index (χ3v) is 4.09. The molecule has 0 saturated heterocycles. The highest BCUT2D eigenvalue weighted by Gasteiger charge is 2.29. The number of benzene rings is 2. The molecule has 0 unspecified atom stereocenters. The summed E-state index contributed by atoms with van der Waals surface area (Å²) in [7, 11) is 3.09. The molecule has 0 spiro atoms. The van der Waals surface area contributed by atoms with E-state index in [9.17, 15) is 14.9 Å². The third-order valence-electron chi connectivity index (χ3n) is 4.09. The highest BCUT2D eigenvalue weighted by atomic mass is 16.6. The summed E-state index contributed by atoms with van der Waals surface area (Å²) in [6, 6.07) is 11.0. The second-order valence-corrected chi connectivity index (χ2v) is 5.75. The van der Waals surface area contributed by atoms with Crippen LogP contribution in [0.2, 0.25) is 0 Å². The fraction of sp³-hybridized carbons (Fsp3) is 0.158. The number of non-ortho nitro benzene ring substituents is 1. The lowest BCUT2D eigenvalue weighted by Crippen LogP contribution is -2.21. The molecule has 0 aromatic heterocycles.